The maximum atomic E-state index is 5.90. The summed E-state index contributed by atoms with van der Waals surface area (Å²) in [6.07, 6.45) is 0. The van der Waals surface area contributed by atoms with Gasteiger partial charge in [-0.05, 0) is 39.3 Å². The summed E-state index contributed by atoms with van der Waals surface area (Å²) in [7, 11) is 0. The zero-order chi connectivity index (χ0) is 14.2. The van der Waals surface area contributed by atoms with Gasteiger partial charge in [-0.15, -0.1) is 0 Å². The predicted molar refractivity (Wildman–Crippen MR) is 88.3 cm³/mol. The summed E-state index contributed by atoms with van der Waals surface area (Å²) in [6.45, 7) is 10.6. The molecule has 0 saturated carbocycles. The zero-order valence-corrected chi connectivity index (χ0v) is 13.6. The first kappa shape index (κ1) is 14.6. The van der Waals surface area contributed by atoms with Gasteiger partial charge in [0.05, 0.1) is 5.56 Å². The molecule has 0 spiro atoms. The predicted octanol–water partition coefficient (Wildman–Crippen LogP) is 2.66. The van der Waals surface area contributed by atoms with Crippen molar-refractivity contribution in [3.8, 4) is 0 Å². The number of rotatable bonds is 2. The van der Waals surface area contributed by atoms with Gasteiger partial charge in [-0.25, -0.2) is 4.98 Å². The Morgan fingerprint density at radius 2 is 2.16 bits per heavy atom. The highest BCUT2D eigenvalue weighted by molar-refractivity contribution is 8.00. The third-order valence-electron chi connectivity index (χ3n) is 3.30. The Morgan fingerprint density at radius 1 is 1.47 bits per heavy atom. The van der Waals surface area contributed by atoms with E-state index >= 15 is 0 Å². The Balaban J connectivity index is 2.46. The normalized spacial score (nSPS) is 18.4. The van der Waals surface area contributed by atoms with E-state index in [4.69, 9.17) is 22.9 Å². The molecule has 0 atom stereocenters. The van der Waals surface area contributed by atoms with E-state index in [9.17, 15) is 0 Å². The zero-order valence-electron chi connectivity index (χ0n) is 12.0. The number of aromatic nitrogens is 1. The number of aryl methyl sites for hydroxylation is 2. The first-order chi connectivity index (χ1) is 8.80. The molecule has 1 aromatic rings. The summed E-state index contributed by atoms with van der Waals surface area (Å²) >= 11 is 7.22. The van der Waals surface area contributed by atoms with Crippen molar-refractivity contribution in [2.24, 2.45) is 5.73 Å². The van der Waals surface area contributed by atoms with Crippen molar-refractivity contribution < 1.29 is 0 Å². The number of thioether (sulfide) groups is 1. The van der Waals surface area contributed by atoms with Gasteiger partial charge in [0.25, 0.3) is 0 Å². The molecule has 5 heteroatoms. The third kappa shape index (κ3) is 3.20. The molecule has 19 heavy (non-hydrogen) atoms. The van der Waals surface area contributed by atoms with Gasteiger partial charge >= 0.3 is 0 Å². The molecule has 3 nitrogen and oxygen atoms in total. The largest absolute Gasteiger partial charge is 0.389 e. The van der Waals surface area contributed by atoms with E-state index in [1.807, 2.05) is 24.8 Å². The summed E-state index contributed by atoms with van der Waals surface area (Å²) in [5, 5.41) is 0. The highest BCUT2D eigenvalue weighted by Crippen LogP contribution is 2.33. The van der Waals surface area contributed by atoms with Crippen LogP contribution in [-0.4, -0.2) is 33.6 Å². The Kier molecular flexibility index (Phi) is 4.06. The molecule has 1 fully saturated rings. The first-order valence-corrected chi connectivity index (χ1v) is 7.86. The number of nitrogens with two attached hydrogens (primary N) is 1. The molecule has 1 aliphatic rings. The van der Waals surface area contributed by atoms with E-state index in [0.29, 0.717) is 4.99 Å². The van der Waals surface area contributed by atoms with E-state index in [2.05, 4.69) is 25.7 Å². The molecule has 0 radical (unpaired) electrons. The van der Waals surface area contributed by atoms with Crippen LogP contribution in [-0.2, 0) is 0 Å². The minimum absolute atomic E-state index is 0.241. The number of pyridine rings is 1. The van der Waals surface area contributed by atoms with Crippen LogP contribution >= 0.6 is 24.0 Å². The Bertz CT molecular complexity index is 512. The fourth-order valence-corrected chi connectivity index (χ4v) is 3.91. The number of hydrogen-bond acceptors (Lipinski definition) is 4. The van der Waals surface area contributed by atoms with Gasteiger partial charge in [0.1, 0.15) is 10.8 Å². The second-order valence-electron chi connectivity index (χ2n) is 5.67. The van der Waals surface area contributed by atoms with Crippen molar-refractivity contribution in [1.82, 2.24) is 4.98 Å². The van der Waals surface area contributed by atoms with Crippen LogP contribution in [0, 0.1) is 13.8 Å². The van der Waals surface area contributed by atoms with Crippen molar-refractivity contribution >= 4 is 34.8 Å². The quantitative estimate of drug-likeness (QED) is 0.850. The lowest BCUT2D eigenvalue weighted by Crippen LogP contribution is -2.44. The van der Waals surface area contributed by atoms with E-state index in [0.717, 1.165) is 41.5 Å². The Morgan fingerprint density at radius 3 is 2.74 bits per heavy atom. The van der Waals surface area contributed by atoms with Crippen molar-refractivity contribution in [3.05, 3.63) is 22.9 Å². The second kappa shape index (κ2) is 5.29. The number of anilines is 1. The molecule has 0 aliphatic carbocycles. The van der Waals surface area contributed by atoms with Crippen molar-refractivity contribution in [2.75, 3.05) is 23.7 Å². The van der Waals surface area contributed by atoms with Gasteiger partial charge in [0, 0.05) is 29.3 Å². The molecule has 2 heterocycles. The summed E-state index contributed by atoms with van der Waals surface area (Å²) in [4.78, 5) is 7.46. The lowest BCUT2D eigenvalue weighted by Gasteiger charge is -2.39. The molecule has 1 aliphatic heterocycles. The smallest absolute Gasteiger partial charge is 0.139 e. The van der Waals surface area contributed by atoms with Crippen LogP contribution in [0.1, 0.15) is 30.7 Å². The van der Waals surface area contributed by atoms with Gasteiger partial charge < -0.3 is 10.6 Å². The van der Waals surface area contributed by atoms with Gasteiger partial charge in [-0.2, -0.15) is 11.8 Å². The fourth-order valence-electron chi connectivity index (χ4n) is 2.55. The first-order valence-electron chi connectivity index (χ1n) is 6.47. The van der Waals surface area contributed by atoms with E-state index in [-0.39, 0.29) is 4.75 Å². The molecule has 0 amide bonds. The highest BCUT2D eigenvalue weighted by atomic mass is 32.2. The Hall–Kier alpha value is -0.810. The van der Waals surface area contributed by atoms with Gasteiger partial charge in [0.15, 0.2) is 0 Å². The lowest BCUT2D eigenvalue weighted by atomic mass is 10.1. The van der Waals surface area contributed by atoms with Gasteiger partial charge in [0.2, 0.25) is 0 Å². The molecule has 1 aromatic heterocycles. The minimum Gasteiger partial charge on any atom is -0.389 e. The third-order valence-corrected chi connectivity index (χ3v) is 4.80. The topological polar surface area (TPSA) is 42.1 Å². The fraction of sp³-hybridized carbons (Fsp3) is 0.571. The maximum Gasteiger partial charge on any atom is 0.139 e. The van der Waals surface area contributed by atoms with Gasteiger partial charge in [-0.1, -0.05) is 12.2 Å². The molecule has 2 N–H and O–H groups in total. The summed E-state index contributed by atoms with van der Waals surface area (Å²) in [5.41, 5.74) is 8.97. The average Bonchev–Trinajstić information content (AvgIpc) is 2.25. The summed E-state index contributed by atoms with van der Waals surface area (Å²) < 4.78 is 0.241. The van der Waals surface area contributed by atoms with Crippen molar-refractivity contribution in [1.29, 1.82) is 0 Å². The van der Waals surface area contributed by atoms with Crippen LogP contribution in [0.25, 0.3) is 0 Å². The van der Waals surface area contributed by atoms with Crippen LogP contribution < -0.4 is 10.6 Å². The second-order valence-corrected chi connectivity index (χ2v) is 7.92. The minimum atomic E-state index is 0.241. The molecule has 0 unspecified atom stereocenters. The van der Waals surface area contributed by atoms with Crippen molar-refractivity contribution in [3.63, 3.8) is 0 Å². The molecular formula is C14H21N3S2. The molecule has 2 rings (SSSR count). The van der Waals surface area contributed by atoms with E-state index < -0.39 is 0 Å². The molecule has 1 saturated heterocycles. The molecule has 0 aromatic carbocycles. The standard InChI is InChI=1S/C14H21N3S2/c1-9-7-10(2)16-13(11(9)12(15)18)17-5-6-19-14(3,4)8-17/h7H,5-6,8H2,1-4H3,(H2,15,18). The number of hydrogen-bond donors (Lipinski definition) is 1. The van der Waals surface area contributed by atoms with Crippen LogP contribution in [0.5, 0.6) is 0 Å². The monoisotopic (exact) mass is 295 g/mol. The van der Waals surface area contributed by atoms with E-state index in [1.54, 1.807) is 0 Å². The van der Waals surface area contributed by atoms with E-state index in [1.165, 1.54) is 0 Å². The number of nitrogens with zero attached hydrogens (tertiary/aromatic N) is 2. The maximum absolute atomic E-state index is 5.90. The summed E-state index contributed by atoms with van der Waals surface area (Å²) in [5.74, 6) is 2.07. The van der Waals surface area contributed by atoms with Crippen LogP contribution in [0.3, 0.4) is 0 Å². The SMILES string of the molecule is Cc1cc(C)c(C(N)=S)c(N2CCSC(C)(C)C2)n1. The van der Waals surface area contributed by atoms with Crippen LogP contribution in [0.15, 0.2) is 6.07 Å². The van der Waals surface area contributed by atoms with Crippen LogP contribution in [0.2, 0.25) is 0 Å². The average molecular weight is 295 g/mol. The summed E-state index contributed by atoms with van der Waals surface area (Å²) in [6, 6.07) is 2.04. The van der Waals surface area contributed by atoms with Gasteiger partial charge in [-0.3, -0.25) is 0 Å². The molecule has 0 bridgehead atoms. The Labute approximate surface area is 125 Å². The van der Waals surface area contributed by atoms with Crippen LogP contribution in [0.4, 0.5) is 5.82 Å². The molecular weight excluding hydrogens is 274 g/mol. The number of thiocarbonyl (C=S) groups is 1. The highest BCUT2D eigenvalue weighted by Gasteiger charge is 2.29. The van der Waals surface area contributed by atoms with Crippen molar-refractivity contribution in [2.45, 2.75) is 32.4 Å². The molecule has 104 valence electrons. The lowest BCUT2D eigenvalue weighted by molar-refractivity contribution is 0.641.